The summed E-state index contributed by atoms with van der Waals surface area (Å²) in [5, 5.41) is 0. The van der Waals surface area contributed by atoms with Crippen LogP contribution in [0.4, 0.5) is 0 Å². The quantitative estimate of drug-likeness (QED) is 0.431. The smallest absolute Gasteiger partial charge is 0.312 e. The second-order valence-electron chi connectivity index (χ2n) is 9.69. The average molecular weight is 369 g/mol. The zero-order valence-electron chi connectivity index (χ0n) is 19.6. The van der Waals surface area contributed by atoms with Crippen LogP contribution in [0.2, 0.25) is 0 Å². The monoisotopic (exact) mass is 368 g/mol. The third kappa shape index (κ3) is 7.24. The molecule has 0 radical (unpaired) electrons. The Balaban J connectivity index is 0.00000301. The van der Waals surface area contributed by atoms with Gasteiger partial charge in [-0.15, -0.1) is 0 Å². The molecule has 0 aromatic rings. The molecule has 1 aliphatic carbocycles. The van der Waals surface area contributed by atoms with Crippen molar-refractivity contribution in [3.63, 3.8) is 0 Å². The van der Waals surface area contributed by atoms with E-state index in [0.717, 1.165) is 38.0 Å². The topological polar surface area (TPSA) is 26.3 Å². The standard InChI is InChI=1S/C22H42O2.C2H6/c1-9-16(3)15-22(8,17(4)10-2)20(23)24-19-13-11-18(12-14-19)21(5,6)7;1-2/h16-19H,9-15H2,1-8H3;1-2H3. The summed E-state index contributed by atoms with van der Waals surface area (Å²) >= 11 is 0. The van der Waals surface area contributed by atoms with Crippen molar-refractivity contribution in [2.24, 2.45) is 28.6 Å². The first-order chi connectivity index (χ1) is 12.0. The van der Waals surface area contributed by atoms with Crippen molar-refractivity contribution in [2.75, 3.05) is 0 Å². The lowest BCUT2D eigenvalue weighted by Crippen LogP contribution is -2.40. The maximum Gasteiger partial charge on any atom is 0.312 e. The molecule has 26 heavy (non-hydrogen) atoms. The van der Waals surface area contributed by atoms with Crippen LogP contribution in [0.5, 0.6) is 0 Å². The van der Waals surface area contributed by atoms with Gasteiger partial charge in [0, 0.05) is 0 Å². The van der Waals surface area contributed by atoms with Crippen LogP contribution in [0.15, 0.2) is 0 Å². The molecule has 0 bridgehead atoms. The van der Waals surface area contributed by atoms with Gasteiger partial charge in [-0.05, 0) is 62.2 Å². The van der Waals surface area contributed by atoms with Crippen LogP contribution in [0.1, 0.15) is 114 Å². The Bertz CT molecular complexity index is 388. The van der Waals surface area contributed by atoms with Crippen LogP contribution >= 0.6 is 0 Å². The van der Waals surface area contributed by atoms with Gasteiger partial charge < -0.3 is 4.74 Å². The molecular weight excluding hydrogens is 320 g/mol. The molecule has 1 rings (SSSR count). The van der Waals surface area contributed by atoms with Gasteiger partial charge in [-0.1, -0.05) is 75.2 Å². The van der Waals surface area contributed by atoms with Gasteiger partial charge in [0.1, 0.15) is 6.10 Å². The second-order valence-corrected chi connectivity index (χ2v) is 9.69. The molecule has 1 saturated carbocycles. The minimum absolute atomic E-state index is 0.0522. The Labute approximate surface area is 164 Å². The number of esters is 1. The van der Waals surface area contributed by atoms with E-state index in [4.69, 9.17) is 4.74 Å². The normalized spacial score (nSPS) is 25.3. The maximum atomic E-state index is 13.0. The zero-order valence-corrected chi connectivity index (χ0v) is 19.6. The first kappa shape index (κ1) is 25.5. The third-order valence-corrected chi connectivity index (χ3v) is 6.81. The van der Waals surface area contributed by atoms with E-state index < -0.39 is 0 Å². The zero-order chi connectivity index (χ0) is 20.5. The lowest BCUT2D eigenvalue weighted by Gasteiger charge is -2.39. The van der Waals surface area contributed by atoms with Crippen molar-refractivity contribution >= 4 is 5.97 Å². The second kappa shape index (κ2) is 11.3. The number of carbonyl (C=O) groups excluding carboxylic acids is 1. The van der Waals surface area contributed by atoms with Gasteiger partial charge in [-0.25, -0.2) is 0 Å². The highest BCUT2D eigenvalue weighted by molar-refractivity contribution is 5.77. The van der Waals surface area contributed by atoms with E-state index in [1.54, 1.807) is 0 Å². The van der Waals surface area contributed by atoms with E-state index >= 15 is 0 Å². The van der Waals surface area contributed by atoms with Gasteiger partial charge in [0.05, 0.1) is 5.41 Å². The summed E-state index contributed by atoms with van der Waals surface area (Å²) in [6.45, 7) is 22.0. The van der Waals surface area contributed by atoms with E-state index in [-0.39, 0.29) is 17.5 Å². The molecule has 0 spiro atoms. The predicted molar refractivity (Wildman–Crippen MR) is 114 cm³/mol. The van der Waals surface area contributed by atoms with Crippen molar-refractivity contribution < 1.29 is 9.53 Å². The molecule has 0 amide bonds. The predicted octanol–water partition coefficient (Wildman–Crippen LogP) is 7.65. The summed E-state index contributed by atoms with van der Waals surface area (Å²) in [5.41, 5.74) is 0.0296. The molecule has 0 N–H and O–H groups in total. The molecule has 0 saturated heterocycles. The van der Waals surface area contributed by atoms with E-state index in [1.165, 1.54) is 12.8 Å². The number of carbonyl (C=O) groups is 1. The minimum Gasteiger partial charge on any atom is -0.462 e. The summed E-state index contributed by atoms with van der Waals surface area (Å²) in [7, 11) is 0. The lowest BCUT2D eigenvalue weighted by atomic mass is 9.70. The molecule has 0 aromatic heterocycles. The van der Waals surface area contributed by atoms with Crippen LogP contribution in [0.25, 0.3) is 0 Å². The van der Waals surface area contributed by atoms with Crippen molar-refractivity contribution in [2.45, 2.75) is 120 Å². The maximum absolute atomic E-state index is 13.0. The van der Waals surface area contributed by atoms with E-state index in [9.17, 15) is 4.79 Å². The molecule has 1 aliphatic rings. The lowest BCUT2D eigenvalue weighted by molar-refractivity contribution is -0.167. The summed E-state index contributed by atoms with van der Waals surface area (Å²) in [5.74, 6) is 1.74. The highest BCUT2D eigenvalue weighted by Crippen LogP contribution is 2.41. The van der Waals surface area contributed by atoms with Crippen molar-refractivity contribution in [1.82, 2.24) is 0 Å². The fourth-order valence-electron chi connectivity index (χ4n) is 4.14. The number of hydrogen-bond acceptors (Lipinski definition) is 2. The van der Waals surface area contributed by atoms with Gasteiger partial charge in [-0.3, -0.25) is 4.79 Å². The fourth-order valence-corrected chi connectivity index (χ4v) is 4.14. The Morgan fingerprint density at radius 1 is 0.962 bits per heavy atom. The summed E-state index contributed by atoms with van der Waals surface area (Å²) in [6.07, 6.45) is 7.67. The molecule has 156 valence electrons. The molecule has 2 heteroatoms. The van der Waals surface area contributed by atoms with Crippen molar-refractivity contribution in [1.29, 1.82) is 0 Å². The van der Waals surface area contributed by atoms with Crippen LogP contribution in [-0.4, -0.2) is 12.1 Å². The SMILES string of the molecule is CC.CCC(C)CC(C)(C(=O)OC1CCC(C(C)(C)C)CC1)C(C)CC. The summed E-state index contributed by atoms with van der Waals surface area (Å²) < 4.78 is 6.05. The fraction of sp³-hybridized carbons (Fsp3) is 0.958. The number of ether oxygens (including phenoxy) is 1. The van der Waals surface area contributed by atoms with Gasteiger partial charge >= 0.3 is 5.97 Å². The molecule has 3 unspecified atom stereocenters. The van der Waals surface area contributed by atoms with Crippen LogP contribution in [0, 0.1) is 28.6 Å². The van der Waals surface area contributed by atoms with E-state index in [2.05, 4.69) is 55.4 Å². The Morgan fingerprint density at radius 3 is 1.85 bits per heavy atom. The molecule has 0 aromatic carbocycles. The molecule has 3 atom stereocenters. The highest BCUT2D eigenvalue weighted by Gasteiger charge is 2.42. The molecule has 2 nitrogen and oxygen atoms in total. The first-order valence-corrected chi connectivity index (χ1v) is 11.3. The van der Waals surface area contributed by atoms with Gasteiger partial charge in [0.15, 0.2) is 0 Å². The molecule has 0 aliphatic heterocycles. The molecular formula is C24H48O2. The average Bonchev–Trinajstić information content (AvgIpc) is 2.61. The number of hydrogen-bond donors (Lipinski definition) is 0. The third-order valence-electron chi connectivity index (χ3n) is 6.81. The Morgan fingerprint density at radius 2 is 1.46 bits per heavy atom. The van der Waals surface area contributed by atoms with Gasteiger partial charge in [-0.2, -0.15) is 0 Å². The van der Waals surface area contributed by atoms with Crippen molar-refractivity contribution in [3.8, 4) is 0 Å². The summed E-state index contributed by atoms with van der Waals surface area (Å²) in [6, 6.07) is 0. The highest BCUT2D eigenvalue weighted by atomic mass is 16.5. The number of rotatable bonds is 7. The van der Waals surface area contributed by atoms with Crippen LogP contribution in [-0.2, 0) is 9.53 Å². The molecule has 1 fully saturated rings. The minimum atomic E-state index is -0.342. The summed E-state index contributed by atoms with van der Waals surface area (Å²) in [4.78, 5) is 13.0. The largest absolute Gasteiger partial charge is 0.462 e. The van der Waals surface area contributed by atoms with E-state index in [1.807, 2.05) is 13.8 Å². The Hall–Kier alpha value is -0.530. The molecule has 0 heterocycles. The van der Waals surface area contributed by atoms with Gasteiger partial charge in [0.2, 0.25) is 0 Å². The first-order valence-electron chi connectivity index (χ1n) is 11.3. The van der Waals surface area contributed by atoms with Crippen LogP contribution in [0.3, 0.4) is 0 Å². The Kier molecular flexibility index (Phi) is 11.1. The van der Waals surface area contributed by atoms with Crippen molar-refractivity contribution in [3.05, 3.63) is 0 Å². The van der Waals surface area contributed by atoms with E-state index in [0.29, 0.717) is 17.3 Å². The van der Waals surface area contributed by atoms with Crippen LogP contribution < -0.4 is 0 Å². The van der Waals surface area contributed by atoms with Gasteiger partial charge in [0.25, 0.3) is 0 Å².